The molecule has 0 unspecified atom stereocenters. The molecule has 0 amide bonds. The molecule has 0 bridgehead atoms. The molecular formula is C104H58N4S2. The molecule has 506 valence electrons. The van der Waals surface area contributed by atoms with Gasteiger partial charge in [0.05, 0.1) is 66.9 Å². The number of aromatic nitrogens is 4. The van der Waals surface area contributed by atoms with Crippen LogP contribution in [0.4, 0.5) is 0 Å². The van der Waals surface area contributed by atoms with Gasteiger partial charge in [0.2, 0.25) is 0 Å². The highest BCUT2D eigenvalue weighted by Gasteiger charge is 2.28. The van der Waals surface area contributed by atoms with E-state index >= 15 is 0 Å². The number of nitrogens with zero attached hydrogens (tertiary/aromatic N) is 4. The molecule has 0 N–H and O–H groups in total. The summed E-state index contributed by atoms with van der Waals surface area (Å²) in [4.78, 5) is 0. The number of rotatable bonds is 5. The van der Waals surface area contributed by atoms with E-state index in [0.29, 0.717) is 0 Å². The van der Waals surface area contributed by atoms with E-state index in [9.17, 15) is 0 Å². The summed E-state index contributed by atoms with van der Waals surface area (Å²) in [6.07, 6.45) is 0. The zero-order valence-electron chi connectivity index (χ0n) is 59.1. The Morgan fingerprint density at radius 1 is 0.155 bits per heavy atom. The molecule has 26 rings (SSSR count). The van der Waals surface area contributed by atoms with Gasteiger partial charge in [0.15, 0.2) is 0 Å². The molecule has 4 nitrogen and oxygen atoms in total. The maximum Gasteiger partial charge on any atom is 0.0618 e. The number of hydrogen-bond donors (Lipinski definition) is 0. The van der Waals surface area contributed by atoms with Crippen LogP contribution in [0.25, 0.3) is 248 Å². The number of fused-ring (bicyclic) bond motifs is 32. The van der Waals surface area contributed by atoms with E-state index in [1.165, 1.54) is 248 Å². The van der Waals surface area contributed by atoms with Gasteiger partial charge in [-0.25, -0.2) is 0 Å². The van der Waals surface area contributed by atoms with Gasteiger partial charge >= 0.3 is 0 Å². The molecule has 26 aromatic rings. The summed E-state index contributed by atoms with van der Waals surface area (Å²) in [6, 6.07) is 133. The van der Waals surface area contributed by atoms with Crippen molar-refractivity contribution in [1.29, 1.82) is 0 Å². The second-order valence-electron chi connectivity index (χ2n) is 30.0. The van der Waals surface area contributed by atoms with E-state index in [0.717, 1.165) is 0 Å². The average molecular weight is 1430 g/mol. The van der Waals surface area contributed by atoms with Crippen molar-refractivity contribution in [2.45, 2.75) is 0 Å². The van der Waals surface area contributed by atoms with Crippen molar-refractivity contribution in [3.05, 3.63) is 352 Å². The van der Waals surface area contributed by atoms with Gasteiger partial charge in [-0.3, -0.25) is 0 Å². The summed E-state index contributed by atoms with van der Waals surface area (Å²) in [5.74, 6) is 0. The van der Waals surface area contributed by atoms with Crippen molar-refractivity contribution >= 4 is 236 Å². The number of hydrogen-bond acceptors (Lipinski definition) is 2. The Balaban J connectivity index is 0.640. The molecule has 0 saturated heterocycles. The molecule has 0 aliphatic carbocycles. The lowest BCUT2D eigenvalue weighted by Crippen LogP contribution is -1.98. The van der Waals surface area contributed by atoms with E-state index < -0.39 is 0 Å². The highest BCUT2D eigenvalue weighted by molar-refractivity contribution is 7.28. The van der Waals surface area contributed by atoms with Crippen LogP contribution in [0.3, 0.4) is 0 Å². The third-order valence-corrected chi connectivity index (χ3v) is 27.1. The van der Waals surface area contributed by atoms with Gasteiger partial charge in [-0.2, -0.15) is 0 Å². The van der Waals surface area contributed by atoms with Crippen LogP contribution in [-0.2, 0) is 0 Å². The Bertz CT molecular complexity index is 8630. The predicted molar refractivity (Wildman–Crippen MR) is 475 cm³/mol. The lowest BCUT2D eigenvalue weighted by molar-refractivity contribution is 1.20. The van der Waals surface area contributed by atoms with E-state index in [2.05, 4.69) is 370 Å². The quantitative estimate of drug-likeness (QED) is 0.121. The first-order valence-corrected chi connectivity index (χ1v) is 39.6. The van der Waals surface area contributed by atoms with Gasteiger partial charge in [0.25, 0.3) is 0 Å². The van der Waals surface area contributed by atoms with Gasteiger partial charge in [0.1, 0.15) is 0 Å². The van der Waals surface area contributed by atoms with E-state index in [1.807, 2.05) is 22.7 Å². The smallest absolute Gasteiger partial charge is 0.0618 e. The van der Waals surface area contributed by atoms with Crippen molar-refractivity contribution in [2.75, 3.05) is 0 Å². The summed E-state index contributed by atoms with van der Waals surface area (Å²) in [7, 11) is 0. The van der Waals surface area contributed by atoms with Gasteiger partial charge in [-0.1, -0.05) is 267 Å². The first-order chi connectivity index (χ1) is 54.6. The van der Waals surface area contributed by atoms with Crippen LogP contribution in [0, 0.1) is 0 Å². The molecular weight excluding hydrogens is 1370 g/mol. The fourth-order valence-corrected chi connectivity index (χ4v) is 22.8. The molecule has 20 aromatic carbocycles. The first kappa shape index (κ1) is 59.3. The minimum Gasteiger partial charge on any atom is -0.309 e. The normalized spacial score (nSPS) is 12.5. The van der Waals surface area contributed by atoms with Crippen LogP contribution in [0.1, 0.15) is 0 Å². The lowest BCUT2D eigenvalue weighted by atomic mass is 9.93. The molecule has 6 heteroatoms. The maximum absolute atomic E-state index is 2.59. The second kappa shape index (κ2) is 21.9. The minimum absolute atomic E-state index is 1.17. The van der Waals surface area contributed by atoms with Crippen molar-refractivity contribution in [2.24, 2.45) is 0 Å². The number of benzene rings is 20. The molecule has 6 aromatic heterocycles. The standard InChI is InChI=1S/C104H58N4S2/c1-6-26-67-64(24-1)57-93(74-32-12-11-31-73(67)74)105-85-37-17-13-33-80(85)95-89(105)49-45-76-77-46-50-90-96(102(77)109-101(76)95)81-34-14-18-38-86(81)106(90)94-58-65-25-2-7-27-68(65)84-56-60(42-44-75(84)94)59-41-43-72-66(53-59)55-63-23-5-10-30-71(63)100(72)108-88-40-20-16-36-83(88)98-92(108)52-48-79-78-47-51-91-97(103(78)110-104(79)98)82-35-15-19-39-87(82)107(91)99-69-28-8-3-21-61(69)54-62-22-4-9-29-70(62)99/h1-58H. The molecule has 110 heavy (non-hydrogen) atoms. The highest BCUT2D eigenvalue weighted by Crippen LogP contribution is 2.53. The van der Waals surface area contributed by atoms with Crippen molar-refractivity contribution < 1.29 is 0 Å². The van der Waals surface area contributed by atoms with E-state index in [4.69, 9.17) is 0 Å². The molecule has 0 aliphatic rings. The zero-order chi connectivity index (χ0) is 71.3. The highest BCUT2D eigenvalue weighted by atomic mass is 32.1. The maximum atomic E-state index is 2.59. The SMILES string of the molecule is c1ccc2c(-n3c4ccccc4c4c5sc6c(ccc7c6c6ccccc6n7-c6c7ccccc7cc7cc(-c8ccc9c(-n%10c%11ccccc%11c%11c%12sc%13c(ccc%14c%13c%13ccccc%13n%14-c%13cc%14ccccc%14c%14ccccc%13%14)c%12ccc%11%10)cc%10ccccc%10c9c8)ccc67)c5ccc43)c3ccccc3cc2c1. The molecule has 0 fully saturated rings. The molecule has 6 heterocycles. The Kier molecular flexibility index (Phi) is 11.8. The summed E-state index contributed by atoms with van der Waals surface area (Å²) >= 11 is 3.91. The Morgan fingerprint density at radius 3 is 0.845 bits per heavy atom. The van der Waals surface area contributed by atoms with Crippen LogP contribution in [0.15, 0.2) is 352 Å². The van der Waals surface area contributed by atoms with Crippen molar-refractivity contribution in [3.8, 4) is 33.9 Å². The van der Waals surface area contributed by atoms with Gasteiger partial charge in [-0.15, -0.1) is 22.7 Å². The predicted octanol–water partition coefficient (Wildman–Crippen LogP) is 29.7. The van der Waals surface area contributed by atoms with Crippen molar-refractivity contribution in [1.82, 2.24) is 18.3 Å². The van der Waals surface area contributed by atoms with Crippen molar-refractivity contribution in [3.63, 3.8) is 0 Å². The molecule has 0 saturated carbocycles. The molecule has 0 aliphatic heterocycles. The number of para-hydroxylation sites is 4. The van der Waals surface area contributed by atoms with Crippen LogP contribution in [0.2, 0.25) is 0 Å². The molecule has 0 atom stereocenters. The first-order valence-electron chi connectivity index (χ1n) is 38.0. The summed E-state index contributed by atoms with van der Waals surface area (Å²) in [6.45, 7) is 0. The van der Waals surface area contributed by atoms with Crippen LogP contribution in [-0.4, -0.2) is 18.3 Å². The topological polar surface area (TPSA) is 19.7 Å². The fourth-order valence-electron chi connectivity index (χ4n) is 20.0. The van der Waals surface area contributed by atoms with Crippen LogP contribution < -0.4 is 0 Å². The Hall–Kier alpha value is -13.9. The van der Waals surface area contributed by atoms with Gasteiger partial charge in [0, 0.05) is 116 Å². The van der Waals surface area contributed by atoms with E-state index in [-0.39, 0.29) is 0 Å². The van der Waals surface area contributed by atoms with Gasteiger partial charge in [-0.05, 0) is 150 Å². The minimum atomic E-state index is 1.17. The van der Waals surface area contributed by atoms with Crippen LogP contribution in [0.5, 0.6) is 0 Å². The monoisotopic (exact) mass is 1430 g/mol. The summed E-state index contributed by atoms with van der Waals surface area (Å²) in [5.41, 5.74) is 16.8. The molecule has 0 spiro atoms. The zero-order valence-corrected chi connectivity index (χ0v) is 60.7. The lowest BCUT2D eigenvalue weighted by Gasteiger charge is -2.17. The second-order valence-corrected chi connectivity index (χ2v) is 32.1. The Labute approximate surface area is 635 Å². The number of thiophene rings is 2. The third-order valence-electron chi connectivity index (χ3n) is 24.6. The summed E-state index contributed by atoms with van der Waals surface area (Å²) < 4.78 is 15.5. The van der Waals surface area contributed by atoms with E-state index in [1.54, 1.807) is 0 Å². The van der Waals surface area contributed by atoms with Crippen LogP contribution >= 0.6 is 22.7 Å². The fraction of sp³-hybridized carbons (Fsp3) is 0. The molecule has 0 radical (unpaired) electrons. The average Bonchev–Trinajstić information content (AvgIpc) is 1.53. The third kappa shape index (κ3) is 7.87. The largest absolute Gasteiger partial charge is 0.309 e. The van der Waals surface area contributed by atoms with Gasteiger partial charge < -0.3 is 18.3 Å². The Morgan fingerprint density at radius 2 is 0.427 bits per heavy atom. The summed E-state index contributed by atoms with van der Waals surface area (Å²) in [5, 5.41) is 35.1.